The minimum atomic E-state index is -1.90. The van der Waals surface area contributed by atoms with E-state index in [2.05, 4.69) is 20.8 Å². The molecule has 1 heterocycles. The van der Waals surface area contributed by atoms with Crippen molar-refractivity contribution in [3.63, 3.8) is 0 Å². The molecule has 0 radical (unpaired) electrons. The van der Waals surface area contributed by atoms with Gasteiger partial charge in [-0.2, -0.15) is 0 Å². The molecule has 1 aliphatic heterocycles. The van der Waals surface area contributed by atoms with Gasteiger partial charge >= 0.3 is 6.09 Å². The number of nitrogens with zero attached hydrogens (tertiary/aromatic N) is 1. The topological polar surface area (TPSA) is 55.8 Å². The second-order valence-electron chi connectivity index (χ2n) is 9.02. The third-order valence-electron chi connectivity index (χ3n) is 7.55. The van der Waals surface area contributed by atoms with Crippen LogP contribution in [0.3, 0.4) is 0 Å². The molecule has 0 bridgehead atoms. The Labute approximate surface area is 171 Å². The fraction of sp³-hybridized carbons (Fsp3) is 0.909. The zero-order valence-corrected chi connectivity index (χ0v) is 19.1. The second-order valence-corrected chi connectivity index (χ2v) is 13.7. The SMILES string of the molecule is CC[Si](CC)(CC)O[C@H]1C(=O)N(C(=O)OC2CCCCC2)[C@H]1C1CCCCC1. The van der Waals surface area contributed by atoms with Crippen LogP contribution in [0.15, 0.2) is 0 Å². The third kappa shape index (κ3) is 4.48. The van der Waals surface area contributed by atoms with Gasteiger partial charge in [0.05, 0.1) is 6.04 Å². The molecule has 0 unspecified atom stereocenters. The van der Waals surface area contributed by atoms with Crippen molar-refractivity contribution >= 4 is 20.3 Å². The van der Waals surface area contributed by atoms with Gasteiger partial charge in [0.25, 0.3) is 5.91 Å². The molecule has 3 aliphatic rings. The third-order valence-corrected chi connectivity index (χ3v) is 12.2. The number of carbonyl (C=O) groups excluding carboxylic acids is 2. The van der Waals surface area contributed by atoms with Crippen LogP contribution >= 0.6 is 0 Å². The summed E-state index contributed by atoms with van der Waals surface area (Å²) in [5.74, 6) is 0.219. The van der Waals surface area contributed by atoms with Crippen molar-refractivity contribution in [2.24, 2.45) is 5.92 Å². The lowest BCUT2D eigenvalue weighted by Crippen LogP contribution is -2.72. The monoisotopic (exact) mass is 409 g/mol. The molecule has 2 amide bonds. The van der Waals surface area contributed by atoms with Gasteiger partial charge in [0.15, 0.2) is 8.32 Å². The van der Waals surface area contributed by atoms with E-state index in [0.717, 1.165) is 56.7 Å². The van der Waals surface area contributed by atoms with Crippen LogP contribution in [0, 0.1) is 5.92 Å². The van der Waals surface area contributed by atoms with Crippen molar-refractivity contribution in [1.29, 1.82) is 0 Å². The van der Waals surface area contributed by atoms with Crippen LogP contribution in [0.4, 0.5) is 4.79 Å². The van der Waals surface area contributed by atoms with E-state index in [9.17, 15) is 9.59 Å². The highest BCUT2D eigenvalue weighted by molar-refractivity contribution is 6.73. The first-order valence-corrected chi connectivity index (χ1v) is 14.3. The molecule has 5 nitrogen and oxygen atoms in total. The molecule has 6 heteroatoms. The molecule has 0 aromatic carbocycles. The van der Waals surface area contributed by atoms with Crippen LogP contribution in [-0.4, -0.2) is 43.5 Å². The molecular formula is C22H39NO4Si. The molecule has 0 aromatic rings. The maximum absolute atomic E-state index is 13.0. The molecule has 0 N–H and O–H groups in total. The van der Waals surface area contributed by atoms with Gasteiger partial charge in [-0.3, -0.25) is 4.79 Å². The molecule has 2 aliphatic carbocycles. The van der Waals surface area contributed by atoms with Crippen LogP contribution in [0.5, 0.6) is 0 Å². The van der Waals surface area contributed by atoms with E-state index in [4.69, 9.17) is 9.16 Å². The molecule has 3 rings (SSSR count). The quantitative estimate of drug-likeness (QED) is 0.403. The summed E-state index contributed by atoms with van der Waals surface area (Å²) in [6.45, 7) is 6.56. The number of hydrogen-bond donors (Lipinski definition) is 0. The predicted molar refractivity (Wildman–Crippen MR) is 113 cm³/mol. The second kappa shape index (κ2) is 9.75. The van der Waals surface area contributed by atoms with E-state index in [0.29, 0.717) is 5.92 Å². The summed E-state index contributed by atoms with van der Waals surface area (Å²) in [5, 5.41) is 0. The largest absolute Gasteiger partial charge is 0.446 e. The number of likely N-dealkylation sites (tertiary alicyclic amines) is 1. The average Bonchev–Trinajstić information content (AvgIpc) is 2.74. The Hall–Kier alpha value is -0.883. The molecule has 2 atom stereocenters. The summed E-state index contributed by atoms with van der Waals surface area (Å²) in [5.41, 5.74) is 0. The lowest BCUT2D eigenvalue weighted by Gasteiger charge is -2.51. The van der Waals surface area contributed by atoms with Crippen LogP contribution in [0.2, 0.25) is 18.1 Å². The summed E-state index contributed by atoms with van der Waals surface area (Å²) in [6.07, 6.45) is 10.3. The van der Waals surface area contributed by atoms with Crippen LogP contribution in [0.1, 0.15) is 85.0 Å². The number of rotatable bonds is 7. The van der Waals surface area contributed by atoms with Crippen molar-refractivity contribution in [2.45, 2.75) is 121 Å². The van der Waals surface area contributed by atoms with E-state index in [1.165, 1.54) is 30.6 Å². The molecule has 3 fully saturated rings. The highest BCUT2D eigenvalue weighted by Gasteiger charge is 2.57. The summed E-state index contributed by atoms with van der Waals surface area (Å²) in [7, 11) is -1.90. The molecule has 2 saturated carbocycles. The van der Waals surface area contributed by atoms with Crippen molar-refractivity contribution in [3.8, 4) is 0 Å². The van der Waals surface area contributed by atoms with Gasteiger partial charge in [-0.15, -0.1) is 0 Å². The van der Waals surface area contributed by atoms with Crippen LogP contribution in [0.25, 0.3) is 0 Å². The van der Waals surface area contributed by atoms with Gasteiger partial charge in [0.1, 0.15) is 12.2 Å². The van der Waals surface area contributed by atoms with Crippen LogP contribution < -0.4 is 0 Å². The Morgan fingerprint density at radius 3 is 2.00 bits per heavy atom. The maximum atomic E-state index is 13.0. The summed E-state index contributed by atoms with van der Waals surface area (Å²) in [6, 6.07) is 2.95. The van der Waals surface area contributed by atoms with Gasteiger partial charge in [-0.1, -0.05) is 46.5 Å². The first kappa shape index (κ1) is 21.8. The Bertz CT molecular complexity index is 530. The van der Waals surface area contributed by atoms with Gasteiger partial charge in [0.2, 0.25) is 0 Å². The predicted octanol–water partition coefficient (Wildman–Crippen LogP) is 5.64. The molecule has 0 aromatic heterocycles. The van der Waals surface area contributed by atoms with E-state index in [1.807, 2.05) is 0 Å². The van der Waals surface area contributed by atoms with Crippen molar-refractivity contribution < 1.29 is 18.8 Å². The lowest BCUT2D eigenvalue weighted by molar-refractivity contribution is -0.166. The highest BCUT2D eigenvalue weighted by atomic mass is 28.4. The van der Waals surface area contributed by atoms with Gasteiger partial charge < -0.3 is 9.16 Å². The minimum Gasteiger partial charge on any atom is -0.446 e. The van der Waals surface area contributed by atoms with Gasteiger partial charge in [-0.05, 0) is 62.6 Å². The number of amides is 2. The molecule has 0 spiro atoms. The number of β-lactam (4-membered cyclic amide) rings is 1. The zero-order valence-electron chi connectivity index (χ0n) is 18.1. The zero-order chi connectivity index (χ0) is 20.1. The molecule has 1 saturated heterocycles. The lowest BCUT2D eigenvalue weighted by atomic mass is 9.77. The average molecular weight is 410 g/mol. The molecule has 28 heavy (non-hydrogen) atoms. The molecular weight excluding hydrogens is 370 g/mol. The first-order chi connectivity index (χ1) is 13.5. The first-order valence-electron chi connectivity index (χ1n) is 11.8. The Balaban J connectivity index is 1.73. The Morgan fingerprint density at radius 2 is 1.46 bits per heavy atom. The highest BCUT2D eigenvalue weighted by Crippen LogP contribution is 2.40. The minimum absolute atomic E-state index is 0.0172. The number of imide groups is 1. The fourth-order valence-electron chi connectivity index (χ4n) is 5.40. The number of hydrogen-bond acceptors (Lipinski definition) is 4. The van der Waals surface area contributed by atoms with Crippen molar-refractivity contribution in [2.75, 3.05) is 0 Å². The Kier molecular flexibility index (Phi) is 7.59. The smallest absolute Gasteiger partial charge is 0.417 e. The van der Waals surface area contributed by atoms with Gasteiger partial charge in [-0.25, -0.2) is 9.69 Å². The van der Waals surface area contributed by atoms with E-state index in [1.54, 1.807) is 0 Å². The maximum Gasteiger partial charge on any atom is 0.417 e. The number of carbonyl (C=O) groups is 2. The summed E-state index contributed by atoms with van der Waals surface area (Å²) >= 11 is 0. The van der Waals surface area contributed by atoms with Crippen LogP contribution in [-0.2, 0) is 14.0 Å². The van der Waals surface area contributed by atoms with Crippen molar-refractivity contribution in [1.82, 2.24) is 4.90 Å². The standard InChI is InChI=1S/C22H39NO4Si/c1-4-28(5-2,6-3)27-20-19(17-13-9-7-10-14-17)23(21(20)24)22(25)26-18-15-11-8-12-16-18/h17-20H,4-16H2,1-3H3/t19-,20+/m0/s1. The molecule has 160 valence electrons. The van der Waals surface area contributed by atoms with E-state index < -0.39 is 20.5 Å². The van der Waals surface area contributed by atoms with E-state index >= 15 is 0 Å². The summed E-state index contributed by atoms with van der Waals surface area (Å²) in [4.78, 5) is 27.4. The number of ether oxygens (including phenoxy) is 1. The summed E-state index contributed by atoms with van der Waals surface area (Å²) < 4.78 is 12.4. The Morgan fingerprint density at radius 1 is 0.929 bits per heavy atom. The van der Waals surface area contributed by atoms with E-state index in [-0.39, 0.29) is 18.1 Å². The normalized spacial score (nSPS) is 27.5. The van der Waals surface area contributed by atoms with Crippen molar-refractivity contribution in [3.05, 3.63) is 0 Å². The fourth-order valence-corrected chi connectivity index (χ4v) is 8.18. The van der Waals surface area contributed by atoms with Gasteiger partial charge in [0, 0.05) is 0 Å².